The van der Waals surface area contributed by atoms with Gasteiger partial charge in [0.1, 0.15) is 5.69 Å². The van der Waals surface area contributed by atoms with Gasteiger partial charge in [0.25, 0.3) is 11.4 Å². The summed E-state index contributed by atoms with van der Waals surface area (Å²) in [5.74, 6) is 0.477. The first-order valence-electron chi connectivity index (χ1n) is 13.9. The predicted octanol–water partition coefficient (Wildman–Crippen LogP) is 1.11. The van der Waals surface area contributed by atoms with Crippen molar-refractivity contribution in [1.29, 1.82) is 5.26 Å². The quantitative estimate of drug-likeness (QED) is 0.277. The number of nitrogens with one attached hydrogen (secondary N) is 3. The highest BCUT2D eigenvalue weighted by molar-refractivity contribution is 7.89. The van der Waals surface area contributed by atoms with Crippen LogP contribution in [0.5, 0.6) is 0 Å². The molecule has 218 valence electrons. The largest absolute Gasteiger partial charge is 0.453 e. The van der Waals surface area contributed by atoms with Crippen molar-refractivity contribution in [3.8, 4) is 6.07 Å². The molecule has 3 heterocycles. The summed E-state index contributed by atoms with van der Waals surface area (Å²) in [6.07, 6.45) is 6.61. The highest BCUT2D eigenvalue weighted by Crippen LogP contribution is 2.35. The third kappa shape index (κ3) is 5.80. The van der Waals surface area contributed by atoms with Crippen molar-refractivity contribution in [2.45, 2.75) is 61.9 Å². The van der Waals surface area contributed by atoms with Gasteiger partial charge in [-0.15, -0.1) is 0 Å². The Morgan fingerprint density at radius 1 is 1.27 bits per heavy atom. The number of fused-ring (bicyclic) bond motifs is 1. The third-order valence-electron chi connectivity index (χ3n) is 8.44. The van der Waals surface area contributed by atoms with Gasteiger partial charge in [-0.3, -0.25) is 10.5 Å². The number of nitrogen functional groups attached to an aromatic ring is 1. The molecule has 5 rings (SSSR count). The summed E-state index contributed by atoms with van der Waals surface area (Å²) >= 11 is 0. The number of nitrogens with two attached hydrogens (primary N) is 1. The number of nitrogens with zero attached hydrogens (tertiary/aromatic N) is 3. The Balaban J connectivity index is 1.40. The molecule has 13 heteroatoms. The molecule has 1 aliphatic carbocycles. The molecule has 0 unspecified atom stereocenters. The number of H-pyrrole nitrogens is 1. The van der Waals surface area contributed by atoms with Crippen molar-refractivity contribution < 1.29 is 22.9 Å². The van der Waals surface area contributed by atoms with E-state index in [-0.39, 0.29) is 17.8 Å². The molecule has 1 saturated heterocycles. The van der Waals surface area contributed by atoms with Gasteiger partial charge in [0, 0.05) is 32.4 Å². The zero-order chi connectivity index (χ0) is 29.2. The maximum atomic E-state index is 13.1. The number of benzene rings is 1. The summed E-state index contributed by atoms with van der Waals surface area (Å²) in [4.78, 5) is 32.6. The standard InChI is InChI=1S/C28H35N7O5S/c1-40-27(37)34-14-10-28(9-12-29,11-15-34)33-22-8-13-31-26(36)24(22)25(30)32-21-6-7-23-20(16-21)18-35(41(23,38)39)17-19-4-2-3-5-19/h6-8,13,16,19H,2-5,9-11,14-15,17-18H2,1H3,(H2,30,32)(H2,31,33,36)/p+1. The number of rotatable bonds is 7. The Bertz CT molecular complexity index is 1550. The number of sulfonamides is 1. The van der Waals surface area contributed by atoms with Crippen LogP contribution in [0.2, 0.25) is 0 Å². The molecular weight excluding hydrogens is 546 g/mol. The number of hydrogen-bond donors (Lipinski definition) is 4. The van der Waals surface area contributed by atoms with Crippen molar-refractivity contribution >= 4 is 33.3 Å². The van der Waals surface area contributed by atoms with Gasteiger partial charge >= 0.3 is 6.09 Å². The van der Waals surface area contributed by atoms with E-state index in [0.29, 0.717) is 66.8 Å². The number of methoxy groups -OCH3 is 1. The molecule has 2 aromatic rings. The van der Waals surface area contributed by atoms with Crippen LogP contribution in [0.15, 0.2) is 40.2 Å². The number of anilines is 1. The number of aromatic nitrogens is 1. The van der Waals surface area contributed by atoms with Crippen molar-refractivity contribution in [3.63, 3.8) is 0 Å². The van der Waals surface area contributed by atoms with Crippen molar-refractivity contribution in [2.75, 3.05) is 32.1 Å². The van der Waals surface area contributed by atoms with Crippen molar-refractivity contribution in [2.24, 2.45) is 11.7 Å². The monoisotopic (exact) mass is 582 g/mol. The molecule has 2 fully saturated rings. The van der Waals surface area contributed by atoms with Gasteiger partial charge < -0.3 is 19.9 Å². The summed E-state index contributed by atoms with van der Waals surface area (Å²) in [5, 5.41) is 13.0. The lowest BCUT2D eigenvalue weighted by Gasteiger charge is -2.41. The molecule has 0 bridgehead atoms. The minimum atomic E-state index is -3.54. The second-order valence-electron chi connectivity index (χ2n) is 11.1. The number of ether oxygens (including phenoxy) is 1. The fourth-order valence-corrected chi connectivity index (χ4v) is 7.88. The molecule has 1 aromatic carbocycles. The van der Waals surface area contributed by atoms with E-state index in [1.807, 2.05) is 0 Å². The fraction of sp³-hybridized carbons (Fsp3) is 0.500. The smallest absolute Gasteiger partial charge is 0.409 e. The normalized spacial score (nSPS) is 20.4. The number of pyridine rings is 1. The third-order valence-corrected chi connectivity index (χ3v) is 10.4. The van der Waals surface area contributed by atoms with Crippen LogP contribution in [-0.2, 0) is 21.3 Å². The second-order valence-corrected chi connectivity index (χ2v) is 13.0. The van der Waals surface area contributed by atoms with Crippen LogP contribution in [0.25, 0.3) is 0 Å². The van der Waals surface area contributed by atoms with Gasteiger partial charge in [0.2, 0.25) is 10.0 Å². The fourth-order valence-electron chi connectivity index (χ4n) is 6.19. The molecule has 0 radical (unpaired) electrons. The second kappa shape index (κ2) is 11.5. The van der Waals surface area contributed by atoms with Gasteiger partial charge in [0.05, 0.1) is 35.7 Å². The number of nitriles is 1. The number of aromatic amines is 1. The average Bonchev–Trinajstić information content (AvgIpc) is 3.54. The Kier molecular flexibility index (Phi) is 8.06. The minimum absolute atomic E-state index is 0.0806. The van der Waals surface area contributed by atoms with Gasteiger partial charge in [-0.05, 0) is 61.4 Å². The summed E-state index contributed by atoms with van der Waals surface area (Å²) in [6.45, 7) is 1.63. The van der Waals surface area contributed by atoms with Crippen LogP contribution in [0.1, 0.15) is 56.1 Å². The zero-order valence-electron chi connectivity index (χ0n) is 23.1. The van der Waals surface area contributed by atoms with E-state index in [4.69, 9.17) is 10.5 Å². The number of carbonyl (C=O) groups is 1. The van der Waals surface area contributed by atoms with E-state index >= 15 is 0 Å². The van der Waals surface area contributed by atoms with Gasteiger partial charge in [0.15, 0.2) is 5.56 Å². The Hall–Kier alpha value is -3.89. The zero-order valence-corrected chi connectivity index (χ0v) is 23.9. The minimum Gasteiger partial charge on any atom is -0.453 e. The topological polar surface area (TPSA) is 176 Å². The van der Waals surface area contributed by atoms with Crippen LogP contribution in [0, 0.1) is 17.2 Å². The summed E-state index contributed by atoms with van der Waals surface area (Å²) in [6, 6.07) is 8.91. The lowest BCUT2D eigenvalue weighted by Crippen LogP contribution is -2.70. The molecule has 41 heavy (non-hydrogen) atoms. The summed E-state index contributed by atoms with van der Waals surface area (Å²) in [7, 11) is -2.21. The molecule has 3 aliphatic rings. The number of hydrogen-bond acceptors (Lipinski definition) is 7. The number of carbonyl (C=O) groups excluding carboxylic acids is 1. The van der Waals surface area contributed by atoms with Crippen LogP contribution >= 0.6 is 0 Å². The first-order chi connectivity index (χ1) is 19.7. The SMILES string of the molecule is COC(=O)N1CCC(CC#N)(Nc2cc[nH]c(=O)c2C(N)=[NH+]c2ccc3c(c2)CN(CC2CCCC2)S3(=O)=O)CC1. The van der Waals surface area contributed by atoms with E-state index in [1.54, 1.807) is 33.5 Å². The Morgan fingerprint density at radius 2 is 2.00 bits per heavy atom. The maximum Gasteiger partial charge on any atom is 0.409 e. The van der Waals surface area contributed by atoms with Gasteiger partial charge in [-0.25, -0.2) is 18.2 Å². The Labute approximate surface area is 239 Å². The van der Waals surface area contributed by atoms with Crippen LogP contribution in [0.3, 0.4) is 0 Å². The molecule has 0 spiro atoms. The van der Waals surface area contributed by atoms with Crippen LogP contribution < -0.4 is 21.6 Å². The van der Waals surface area contributed by atoms with Crippen molar-refractivity contribution in [3.05, 3.63) is 51.9 Å². The number of likely N-dealkylation sites (tertiary alicyclic amines) is 1. The molecule has 12 nitrogen and oxygen atoms in total. The Morgan fingerprint density at radius 3 is 2.68 bits per heavy atom. The molecule has 1 amide bonds. The molecule has 5 N–H and O–H groups in total. The highest BCUT2D eigenvalue weighted by Gasteiger charge is 2.38. The number of amidine groups is 1. The average molecular weight is 583 g/mol. The lowest BCUT2D eigenvalue weighted by atomic mass is 9.84. The van der Waals surface area contributed by atoms with Crippen molar-refractivity contribution in [1.82, 2.24) is 14.2 Å². The van der Waals surface area contributed by atoms with E-state index in [0.717, 1.165) is 25.7 Å². The molecule has 2 aliphatic heterocycles. The molecule has 1 saturated carbocycles. The summed E-state index contributed by atoms with van der Waals surface area (Å²) in [5.41, 5.74) is 7.22. The van der Waals surface area contributed by atoms with Gasteiger partial charge in [-0.1, -0.05) is 12.8 Å². The summed E-state index contributed by atoms with van der Waals surface area (Å²) < 4.78 is 32.7. The number of amides is 1. The predicted molar refractivity (Wildman–Crippen MR) is 152 cm³/mol. The maximum absolute atomic E-state index is 13.1. The number of piperidine rings is 1. The lowest BCUT2D eigenvalue weighted by molar-refractivity contribution is -0.354. The van der Waals surface area contributed by atoms with Gasteiger partial charge in [-0.2, -0.15) is 9.57 Å². The first kappa shape index (κ1) is 28.6. The van der Waals surface area contributed by atoms with E-state index in [9.17, 15) is 23.3 Å². The molecule has 0 atom stereocenters. The molecular formula is C28H36N7O5S+. The van der Waals surface area contributed by atoms with Crippen LogP contribution in [0.4, 0.5) is 16.2 Å². The van der Waals surface area contributed by atoms with Crippen LogP contribution in [-0.4, -0.2) is 66.8 Å². The highest BCUT2D eigenvalue weighted by atomic mass is 32.2. The molecule has 1 aromatic heterocycles. The van der Waals surface area contributed by atoms with E-state index < -0.39 is 27.2 Å². The van der Waals surface area contributed by atoms with E-state index in [1.165, 1.54) is 13.3 Å². The first-order valence-corrected chi connectivity index (χ1v) is 15.3. The van der Waals surface area contributed by atoms with E-state index in [2.05, 4.69) is 21.4 Å².